The molecule has 1 saturated carbocycles. The number of carbonyl (C=O) groups excluding carboxylic acids is 1. The lowest BCUT2D eigenvalue weighted by Gasteiger charge is -2.35. The van der Waals surface area contributed by atoms with Crippen LogP contribution < -0.4 is 5.32 Å². The molecule has 0 unspecified atom stereocenters. The number of alkyl halides is 3. The molecule has 1 N–H and O–H groups in total. The van der Waals surface area contributed by atoms with Crippen molar-refractivity contribution in [2.24, 2.45) is 0 Å². The van der Waals surface area contributed by atoms with Crippen molar-refractivity contribution in [3.8, 4) is 0 Å². The van der Waals surface area contributed by atoms with Gasteiger partial charge in [0, 0.05) is 30.2 Å². The molecule has 3 aromatic rings. The maximum absolute atomic E-state index is 14.6. The zero-order chi connectivity index (χ0) is 24.8. The summed E-state index contributed by atoms with van der Waals surface area (Å²) < 4.78 is 67.0. The van der Waals surface area contributed by atoms with Crippen LogP contribution in [0.25, 0.3) is 5.65 Å². The van der Waals surface area contributed by atoms with E-state index in [4.69, 9.17) is 9.47 Å². The van der Waals surface area contributed by atoms with Gasteiger partial charge in [-0.2, -0.15) is 18.3 Å². The quantitative estimate of drug-likeness (QED) is 0.531. The predicted octanol–water partition coefficient (Wildman–Crippen LogP) is 4.78. The van der Waals surface area contributed by atoms with Crippen molar-refractivity contribution in [2.45, 2.75) is 56.5 Å². The Bertz CT molecular complexity index is 1240. The number of fused-ring (bicyclic) bond motifs is 1. The van der Waals surface area contributed by atoms with Crippen molar-refractivity contribution in [3.05, 3.63) is 64.9 Å². The summed E-state index contributed by atoms with van der Waals surface area (Å²) in [4.78, 5) is 17.4. The van der Waals surface area contributed by atoms with Crippen molar-refractivity contribution in [1.29, 1.82) is 0 Å². The summed E-state index contributed by atoms with van der Waals surface area (Å²) in [6, 6.07) is 3.76. The molecule has 0 bridgehead atoms. The Morgan fingerprint density at radius 1 is 1.23 bits per heavy atom. The Balaban J connectivity index is 1.38. The Morgan fingerprint density at radius 3 is 2.63 bits per heavy atom. The highest BCUT2D eigenvalue weighted by atomic mass is 19.4. The molecule has 1 saturated heterocycles. The molecule has 1 aromatic carbocycles. The van der Waals surface area contributed by atoms with Crippen LogP contribution in [0.15, 0.2) is 36.8 Å². The van der Waals surface area contributed by atoms with E-state index in [2.05, 4.69) is 15.4 Å². The Hall–Kier alpha value is -3.05. The monoisotopic (exact) mass is 492 g/mol. The topological polar surface area (TPSA) is 77.8 Å². The average molecular weight is 492 g/mol. The standard InChI is InChI=1S/C24H24F4N4O3/c1-14(17-3-2-4-19(20(17)25)24(26,27)28)31-22(33)16-11-18(21-29-13-30-32(21)12-16)15-5-7-23(8-6-15)34-9-10-35-23/h2-4,11-15H,5-10H2,1H3,(H,31,33)/t14-/m1/s1. The van der Waals surface area contributed by atoms with Crippen LogP contribution in [0.5, 0.6) is 0 Å². The summed E-state index contributed by atoms with van der Waals surface area (Å²) in [6.45, 7) is 2.60. The molecule has 1 aliphatic heterocycles. The third kappa shape index (κ3) is 4.50. The molecule has 3 heterocycles. The predicted molar refractivity (Wildman–Crippen MR) is 116 cm³/mol. The van der Waals surface area contributed by atoms with Crippen molar-refractivity contribution in [3.63, 3.8) is 0 Å². The fourth-order valence-electron chi connectivity index (χ4n) is 4.99. The van der Waals surface area contributed by atoms with Gasteiger partial charge in [0.25, 0.3) is 5.91 Å². The molecule has 0 radical (unpaired) electrons. The maximum atomic E-state index is 14.6. The minimum atomic E-state index is -4.83. The maximum Gasteiger partial charge on any atom is 0.419 e. The number of halogens is 4. The summed E-state index contributed by atoms with van der Waals surface area (Å²) in [7, 11) is 0. The second kappa shape index (κ2) is 8.87. The van der Waals surface area contributed by atoms with Gasteiger partial charge in [0.05, 0.1) is 30.4 Å². The smallest absolute Gasteiger partial charge is 0.348 e. The number of nitrogens with zero attached hydrogens (tertiary/aromatic N) is 3. The number of amides is 1. The summed E-state index contributed by atoms with van der Waals surface area (Å²) in [5, 5.41) is 6.78. The van der Waals surface area contributed by atoms with Crippen molar-refractivity contribution < 1.29 is 31.8 Å². The van der Waals surface area contributed by atoms with Gasteiger partial charge in [-0.3, -0.25) is 4.79 Å². The van der Waals surface area contributed by atoms with Gasteiger partial charge in [-0.05, 0) is 37.8 Å². The minimum absolute atomic E-state index is 0.103. The number of aromatic nitrogens is 3. The van der Waals surface area contributed by atoms with Crippen LogP contribution in [-0.2, 0) is 15.7 Å². The lowest BCUT2D eigenvalue weighted by atomic mass is 9.81. The van der Waals surface area contributed by atoms with Crippen LogP contribution in [0.1, 0.15) is 71.6 Å². The van der Waals surface area contributed by atoms with E-state index in [0.717, 1.165) is 37.3 Å². The highest BCUT2D eigenvalue weighted by molar-refractivity contribution is 5.94. The van der Waals surface area contributed by atoms with Crippen LogP contribution in [-0.4, -0.2) is 39.5 Å². The van der Waals surface area contributed by atoms with E-state index in [9.17, 15) is 22.4 Å². The molecule has 2 aliphatic rings. The number of benzene rings is 1. The first-order valence-electron chi connectivity index (χ1n) is 11.4. The number of carbonyl (C=O) groups is 1. The number of hydrogen-bond acceptors (Lipinski definition) is 5. The van der Waals surface area contributed by atoms with E-state index < -0.39 is 35.3 Å². The first-order chi connectivity index (χ1) is 16.7. The van der Waals surface area contributed by atoms with Gasteiger partial charge < -0.3 is 14.8 Å². The van der Waals surface area contributed by atoms with Crippen molar-refractivity contribution in [2.75, 3.05) is 13.2 Å². The summed E-state index contributed by atoms with van der Waals surface area (Å²) in [5.41, 5.74) is 0.122. The third-order valence-corrected chi connectivity index (χ3v) is 6.81. The SMILES string of the molecule is C[C@@H](NC(=O)c1cc(C2CCC3(CC2)OCCO3)c2ncnn2c1)c1cccc(C(F)(F)F)c1F. The lowest BCUT2D eigenvalue weighted by molar-refractivity contribution is -0.178. The molecule has 5 rings (SSSR count). The number of ether oxygens (including phenoxy) is 2. The first-order valence-corrected chi connectivity index (χ1v) is 11.4. The Labute approximate surface area is 198 Å². The fourth-order valence-corrected chi connectivity index (χ4v) is 4.99. The van der Waals surface area contributed by atoms with Crippen molar-refractivity contribution >= 4 is 11.6 Å². The normalized spacial score (nSPS) is 19.3. The first kappa shape index (κ1) is 23.7. The van der Waals surface area contributed by atoms with Crippen LogP contribution >= 0.6 is 0 Å². The highest BCUT2D eigenvalue weighted by Crippen LogP contribution is 2.43. The number of pyridine rings is 1. The second-order valence-electron chi connectivity index (χ2n) is 9.00. The molecule has 1 atom stereocenters. The largest absolute Gasteiger partial charge is 0.419 e. The van der Waals surface area contributed by atoms with Crippen LogP contribution in [0.4, 0.5) is 17.6 Å². The van der Waals surface area contributed by atoms with Gasteiger partial charge in [0.15, 0.2) is 11.4 Å². The van der Waals surface area contributed by atoms with Crippen molar-refractivity contribution in [1.82, 2.24) is 19.9 Å². The van der Waals surface area contributed by atoms with Gasteiger partial charge in [-0.15, -0.1) is 0 Å². The van der Waals surface area contributed by atoms with E-state index >= 15 is 0 Å². The van der Waals surface area contributed by atoms with E-state index in [1.54, 1.807) is 6.07 Å². The summed E-state index contributed by atoms with van der Waals surface area (Å²) in [5.74, 6) is -2.37. The second-order valence-corrected chi connectivity index (χ2v) is 9.00. The Morgan fingerprint density at radius 2 is 1.94 bits per heavy atom. The molecule has 7 nitrogen and oxygen atoms in total. The average Bonchev–Trinajstić information content (AvgIpc) is 3.48. The highest BCUT2D eigenvalue weighted by Gasteiger charge is 2.41. The Kier molecular flexibility index (Phi) is 6.00. The fraction of sp³-hybridized carbons (Fsp3) is 0.458. The van der Waals surface area contributed by atoms with E-state index in [0.29, 0.717) is 24.9 Å². The lowest BCUT2D eigenvalue weighted by Crippen LogP contribution is -2.34. The van der Waals surface area contributed by atoms with Gasteiger partial charge in [0.2, 0.25) is 0 Å². The molecule has 35 heavy (non-hydrogen) atoms. The van der Waals surface area contributed by atoms with Gasteiger partial charge >= 0.3 is 6.18 Å². The zero-order valence-electron chi connectivity index (χ0n) is 18.9. The van der Waals surface area contributed by atoms with Gasteiger partial charge in [0.1, 0.15) is 12.1 Å². The molecule has 2 aromatic heterocycles. The van der Waals surface area contributed by atoms with Crippen LogP contribution in [0, 0.1) is 5.82 Å². The van der Waals surface area contributed by atoms with E-state index in [-0.39, 0.29) is 17.0 Å². The van der Waals surface area contributed by atoms with Crippen LogP contribution in [0.3, 0.4) is 0 Å². The summed E-state index contributed by atoms with van der Waals surface area (Å²) in [6.07, 6.45) is 1.07. The van der Waals surface area contributed by atoms with Crippen LogP contribution in [0.2, 0.25) is 0 Å². The third-order valence-electron chi connectivity index (χ3n) is 6.81. The van der Waals surface area contributed by atoms with E-state index in [1.165, 1.54) is 30.0 Å². The molecular weight excluding hydrogens is 468 g/mol. The van der Waals surface area contributed by atoms with Gasteiger partial charge in [-0.1, -0.05) is 12.1 Å². The molecule has 2 fully saturated rings. The summed E-state index contributed by atoms with van der Waals surface area (Å²) >= 11 is 0. The minimum Gasteiger partial charge on any atom is -0.348 e. The number of rotatable bonds is 4. The number of nitrogens with one attached hydrogen (secondary N) is 1. The molecule has 11 heteroatoms. The molecule has 186 valence electrons. The zero-order valence-corrected chi connectivity index (χ0v) is 18.9. The molecule has 1 amide bonds. The van der Waals surface area contributed by atoms with E-state index in [1.807, 2.05) is 0 Å². The molecular formula is C24H24F4N4O3. The van der Waals surface area contributed by atoms with Gasteiger partial charge in [-0.25, -0.2) is 13.9 Å². The molecule has 1 spiro atoms. The molecule has 1 aliphatic carbocycles. The number of hydrogen-bond donors (Lipinski definition) is 1.